The quantitative estimate of drug-likeness (QED) is 0.853. The Morgan fingerprint density at radius 3 is 2.31 bits per heavy atom. The van der Waals surface area contributed by atoms with Gasteiger partial charge in [0.05, 0.1) is 5.92 Å². The van der Waals surface area contributed by atoms with Crippen LogP contribution < -0.4 is 10.6 Å². The van der Waals surface area contributed by atoms with Crippen molar-refractivity contribution < 1.29 is 9.59 Å². The van der Waals surface area contributed by atoms with Gasteiger partial charge in [0.15, 0.2) is 0 Å². The molecular weight excluding hydrogens is 326 g/mol. The topological polar surface area (TPSA) is 61.4 Å². The Morgan fingerprint density at radius 2 is 1.58 bits per heavy atom. The van der Waals surface area contributed by atoms with E-state index in [2.05, 4.69) is 10.6 Å². The standard InChI is InChI=1S/C21H31N3O2/c25-20(22-18-11-5-2-1-3-6-12-18)17-10-9-15-24(16-17)21(26)23-19-13-7-4-8-14-19/h4,7-8,13-14,17-18H,1-3,5-6,9-12,15-16H2,(H,22,25)(H,23,26). The molecule has 3 rings (SSSR count). The third kappa shape index (κ3) is 5.48. The van der Waals surface area contributed by atoms with Gasteiger partial charge in [-0.3, -0.25) is 4.79 Å². The first kappa shape index (κ1) is 18.7. The van der Waals surface area contributed by atoms with Crippen LogP contribution in [0, 0.1) is 5.92 Å². The van der Waals surface area contributed by atoms with Crippen LogP contribution in [0.15, 0.2) is 30.3 Å². The van der Waals surface area contributed by atoms with Gasteiger partial charge in [-0.2, -0.15) is 0 Å². The highest BCUT2D eigenvalue weighted by Gasteiger charge is 2.29. The van der Waals surface area contributed by atoms with E-state index in [1.807, 2.05) is 30.3 Å². The first-order valence-corrected chi connectivity index (χ1v) is 10.1. The molecule has 5 heteroatoms. The number of urea groups is 1. The van der Waals surface area contributed by atoms with Crippen LogP contribution in [-0.4, -0.2) is 36.0 Å². The highest BCUT2D eigenvalue weighted by atomic mass is 16.2. The number of nitrogens with zero attached hydrogens (tertiary/aromatic N) is 1. The number of hydrogen-bond acceptors (Lipinski definition) is 2. The van der Waals surface area contributed by atoms with Crippen molar-refractivity contribution in [3.8, 4) is 0 Å². The lowest BCUT2D eigenvalue weighted by Gasteiger charge is -2.33. The molecule has 1 aliphatic heterocycles. The van der Waals surface area contributed by atoms with Crippen molar-refractivity contribution in [1.82, 2.24) is 10.2 Å². The Labute approximate surface area is 156 Å². The molecule has 1 unspecified atom stereocenters. The van der Waals surface area contributed by atoms with Crippen LogP contribution in [-0.2, 0) is 4.79 Å². The van der Waals surface area contributed by atoms with E-state index in [9.17, 15) is 9.59 Å². The number of likely N-dealkylation sites (tertiary alicyclic amines) is 1. The van der Waals surface area contributed by atoms with E-state index in [0.29, 0.717) is 19.1 Å². The van der Waals surface area contributed by atoms with Gasteiger partial charge in [0.2, 0.25) is 5.91 Å². The largest absolute Gasteiger partial charge is 0.353 e. The summed E-state index contributed by atoms with van der Waals surface area (Å²) in [5.74, 6) is 0.0449. The van der Waals surface area contributed by atoms with E-state index < -0.39 is 0 Å². The molecule has 1 aromatic rings. The summed E-state index contributed by atoms with van der Waals surface area (Å²) in [6.45, 7) is 1.23. The molecule has 26 heavy (non-hydrogen) atoms. The predicted octanol–water partition coefficient (Wildman–Crippen LogP) is 4.16. The molecule has 0 spiro atoms. The predicted molar refractivity (Wildman–Crippen MR) is 104 cm³/mol. The second kappa shape index (κ2) is 9.60. The SMILES string of the molecule is O=C(NC1CCCCCCC1)C1CCCN(C(=O)Nc2ccccc2)C1. The zero-order valence-electron chi connectivity index (χ0n) is 15.6. The Kier molecular flexibility index (Phi) is 6.92. The molecule has 2 fully saturated rings. The molecule has 1 aliphatic carbocycles. The van der Waals surface area contributed by atoms with Gasteiger partial charge in [-0.25, -0.2) is 4.79 Å². The number of amides is 3. The van der Waals surface area contributed by atoms with Gasteiger partial charge >= 0.3 is 6.03 Å². The summed E-state index contributed by atoms with van der Waals surface area (Å²) in [7, 11) is 0. The maximum absolute atomic E-state index is 12.7. The average Bonchev–Trinajstić information content (AvgIpc) is 2.64. The Hall–Kier alpha value is -2.04. The van der Waals surface area contributed by atoms with Gasteiger partial charge in [-0.15, -0.1) is 0 Å². The maximum atomic E-state index is 12.7. The van der Waals surface area contributed by atoms with Crippen molar-refractivity contribution in [3.05, 3.63) is 30.3 Å². The minimum Gasteiger partial charge on any atom is -0.353 e. The highest BCUT2D eigenvalue weighted by molar-refractivity contribution is 5.90. The monoisotopic (exact) mass is 357 g/mol. The molecule has 1 saturated carbocycles. The first-order valence-electron chi connectivity index (χ1n) is 10.1. The van der Waals surface area contributed by atoms with Crippen LogP contribution >= 0.6 is 0 Å². The van der Waals surface area contributed by atoms with Crippen molar-refractivity contribution in [2.24, 2.45) is 5.92 Å². The van der Waals surface area contributed by atoms with E-state index in [4.69, 9.17) is 0 Å². The molecule has 1 aromatic carbocycles. The number of carbonyl (C=O) groups is 2. The molecule has 1 heterocycles. The average molecular weight is 357 g/mol. The van der Waals surface area contributed by atoms with Gasteiger partial charge in [0, 0.05) is 24.8 Å². The Morgan fingerprint density at radius 1 is 0.885 bits per heavy atom. The fourth-order valence-electron chi connectivity index (χ4n) is 4.02. The van der Waals surface area contributed by atoms with E-state index >= 15 is 0 Å². The van der Waals surface area contributed by atoms with Crippen LogP contribution in [0.3, 0.4) is 0 Å². The van der Waals surface area contributed by atoms with Crippen LogP contribution in [0.25, 0.3) is 0 Å². The van der Waals surface area contributed by atoms with Crippen molar-refractivity contribution in [1.29, 1.82) is 0 Å². The number of nitrogens with one attached hydrogen (secondary N) is 2. The Balaban J connectivity index is 1.50. The van der Waals surface area contributed by atoms with Gasteiger partial charge in [0.1, 0.15) is 0 Å². The zero-order valence-corrected chi connectivity index (χ0v) is 15.6. The van der Waals surface area contributed by atoms with Gasteiger partial charge in [-0.1, -0.05) is 50.3 Å². The lowest BCUT2D eigenvalue weighted by Crippen LogP contribution is -2.48. The normalized spacial score (nSPS) is 22.2. The minimum atomic E-state index is -0.111. The molecule has 1 atom stereocenters. The summed E-state index contributed by atoms with van der Waals surface area (Å²) in [5, 5.41) is 6.19. The number of anilines is 1. The van der Waals surface area contributed by atoms with Crippen molar-refractivity contribution in [2.45, 2.75) is 63.8 Å². The molecule has 2 aliphatic rings. The summed E-state index contributed by atoms with van der Waals surface area (Å²) in [5.41, 5.74) is 0.790. The third-order valence-electron chi connectivity index (χ3n) is 5.56. The summed E-state index contributed by atoms with van der Waals surface area (Å²) >= 11 is 0. The third-order valence-corrected chi connectivity index (χ3v) is 5.56. The number of piperidine rings is 1. The van der Waals surface area contributed by atoms with Crippen LogP contribution in [0.1, 0.15) is 57.8 Å². The van der Waals surface area contributed by atoms with Gasteiger partial charge in [0.25, 0.3) is 0 Å². The fraction of sp³-hybridized carbons (Fsp3) is 0.619. The summed E-state index contributed by atoms with van der Waals surface area (Å²) in [6.07, 6.45) is 10.2. The van der Waals surface area contributed by atoms with E-state index in [0.717, 1.165) is 31.4 Å². The smallest absolute Gasteiger partial charge is 0.321 e. The van der Waals surface area contributed by atoms with Crippen LogP contribution in [0.2, 0.25) is 0 Å². The van der Waals surface area contributed by atoms with E-state index in [1.54, 1.807) is 4.90 Å². The minimum absolute atomic E-state index is 0.0873. The molecule has 0 aromatic heterocycles. The molecular formula is C21H31N3O2. The summed E-state index contributed by atoms with van der Waals surface area (Å²) in [6, 6.07) is 9.68. The van der Waals surface area contributed by atoms with E-state index in [-0.39, 0.29) is 17.9 Å². The first-order chi connectivity index (χ1) is 12.7. The van der Waals surface area contributed by atoms with Crippen LogP contribution in [0.5, 0.6) is 0 Å². The molecule has 0 bridgehead atoms. The second-order valence-electron chi connectivity index (χ2n) is 7.63. The fourth-order valence-corrected chi connectivity index (χ4v) is 4.02. The molecule has 0 radical (unpaired) electrons. The zero-order chi connectivity index (χ0) is 18.2. The number of benzene rings is 1. The van der Waals surface area contributed by atoms with Crippen molar-refractivity contribution >= 4 is 17.6 Å². The lowest BCUT2D eigenvalue weighted by atomic mass is 9.94. The van der Waals surface area contributed by atoms with Crippen molar-refractivity contribution in [2.75, 3.05) is 18.4 Å². The molecule has 3 amide bonds. The summed E-state index contributed by atoms with van der Waals surface area (Å²) in [4.78, 5) is 27.0. The second-order valence-corrected chi connectivity index (χ2v) is 7.63. The number of rotatable bonds is 3. The van der Waals surface area contributed by atoms with Crippen LogP contribution in [0.4, 0.5) is 10.5 Å². The maximum Gasteiger partial charge on any atom is 0.321 e. The van der Waals surface area contributed by atoms with Crippen molar-refractivity contribution in [3.63, 3.8) is 0 Å². The molecule has 142 valence electrons. The number of hydrogen-bond donors (Lipinski definition) is 2. The number of carbonyl (C=O) groups excluding carboxylic acids is 2. The molecule has 5 nitrogen and oxygen atoms in total. The Bertz CT molecular complexity index is 582. The van der Waals surface area contributed by atoms with Gasteiger partial charge < -0.3 is 15.5 Å². The molecule has 2 N–H and O–H groups in total. The lowest BCUT2D eigenvalue weighted by molar-refractivity contribution is -0.127. The summed E-state index contributed by atoms with van der Waals surface area (Å²) < 4.78 is 0. The van der Waals surface area contributed by atoms with Gasteiger partial charge in [-0.05, 0) is 37.8 Å². The number of para-hydroxylation sites is 1. The van der Waals surface area contributed by atoms with E-state index in [1.165, 1.54) is 32.1 Å². The molecule has 1 saturated heterocycles. The highest BCUT2D eigenvalue weighted by Crippen LogP contribution is 2.21.